The highest BCUT2D eigenvalue weighted by Crippen LogP contribution is 2.20. The van der Waals surface area contributed by atoms with Crippen molar-refractivity contribution < 1.29 is 9.53 Å². The molecule has 1 atom stereocenters. The largest absolute Gasteiger partial charge is 0.383 e. The number of hydrogen-bond donors (Lipinski definition) is 2. The van der Waals surface area contributed by atoms with Gasteiger partial charge >= 0.3 is 6.03 Å². The maximum atomic E-state index is 12.4. The summed E-state index contributed by atoms with van der Waals surface area (Å²) in [6.45, 7) is 8.09. The molecule has 0 radical (unpaired) electrons. The Morgan fingerprint density at radius 2 is 2.35 bits per heavy atom. The topological polar surface area (TPSA) is 73.5 Å². The first-order valence-electron chi connectivity index (χ1n) is 8.44. The van der Waals surface area contributed by atoms with E-state index in [4.69, 9.17) is 4.74 Å². The normalized spacial score (nSPS) is 21.5. The molecule has 7 heteroatoms. The highest BCUT2D eigenvalue weighted by molar-refractivity contribution is 5.74. The molecule has 0 spiro atoms. The number of methoxy groups -OCH3 is 1. The number of hydrogen-bond acceptors (Lipinski definition) is 4. The van der Waals surface area contributed by atoms with Gasteiger partial charge in [-0.15, -0.1) is 0 Å². The van der Waals surface area contributed by atoms with Gasteiger partial charge in [-0.3, -0.25) is 5.10 Å². The summed E-state index contributed by atoms with van der Waals surface area (Å²) in [6, 6.07) is 0.0478. The molecule has 2 aliphatic heterocycles. The molecular weight excluding hydrogens is 294 g/mol. The number of amides is 2. The minimum Gasteiger partial charge on any atom is -0.383 e. The maximum absolute atomic E-state index is 12.4. The molecule has 1 saturated heterocycles. The standard InChI is InChI=1S/C16H27N5O2/c1-12-14-11-21(6-4-15(14)19-18-12)16(22)17-9-13-3-5-20(10-13)7-8-23-2/h13H,3-11H2,1-2H3,(H,17,22)(H,18,19). The quantitative estimate of drug-likeness (QED) is 0.839. The molecule has 3 rings (SSSR count). The van der Waals surface area contributed by atoms with Gasteiger partial charge in [-0.2, -0.15) is 5.10 Å². The van der Waals surface area contributed by atoms with E-state index in [1.807, 2.05) is 11.8 Å². The summed E-state index contributed by atoms with van der Waals surface area (Å²) in [4.78, 5) is 16.7. The number of aromatic nitrogens is 2. The fourth-order valence-corrected chi connectivity index (χ4v) is 3.45. The number of likely N-dealkylation sites (tertiary alicyclic amines) is 1. The van der Waals surface area contributed by atoms with E-state index in [0.29, 0.717) is 12.5 Å². The van der Waals surface area contributed by atoms with Crippen LogP contribution in [0, 0.1) is 12.8 Å². The van der Waals surface area contributed by atoms with Crippen LogP contribution in [0.3, 0.4) is 0 Å². The summed E-state index contributed by atoms with van der Waals surface area (Å²) in [5, 5.41) is 10.4. The maximum Gasteiger partial charge on any atom is 0.317 e. The Labute approximate surface area is 137 Å². The molecule has 1 aromatic rings. The summed E-state index contributed by atoms with van der Waals surface area (Å²) in [7, 11) is 1.74. The minimum absolute atomic E-state index is 0.0478. The van der Waals surface area contributed by atoms with Crippen LogP contribution in [0.25, 0.3) is 0 Å². The fraction of sp³-hybridized carbons (Fsp3) is 0.750. The van der Waals surface area contributed by atoms with Crippen LogP contribution in [0.5, 0.6) is 0 Å². The first-order valence-corrected chi connectivity index (χ1v) is 8.44. The Bertz CT molecular complexity index is 545. The second kappa shape index (κ2) is 7.31. The Morgan fingerprint density at radius 1 is 1.48 bits per heavy atom. The van der Waals surface area contributed by atoms with Crippen molar-refractivity contribution in [2.45, 2.75) is 26.3 Å². The molecule has 1 fully saturated rings. The Balaban J connectivity index is 1.43. The number of H-pyrrole nitrogens is 1. The third kappa shape index (κ3) is 3.84. The number of fused-ring (bicyclic) bond motifs is 1. The Hall–Kier alpha value is -1.60. The molecule has 2 aliphatic rings. The van der Waals surface area contributed by atoms with E-state index in [1.165, 1.54) is 5.56 Å². The number of aromatic amines is 1. The van der Waals surface area contributed by atoms with Gasteiger partial charge in [-0.25, -0.2) is 4.79 Å². The van der Waals surface area contributed by atoms with E-state index >= 15 is 0 Å². The predicted molar refractivity (Wildman–Crippen MR) is 87.3 cm³/mol. The van der Waals surface area contributed by atoms with Gasteiger partial charge in [-0.1, -0.05) is 0 Å². The Morgan fingerprint density at radius 3 is 3.17 bits per heavy atom. The van der Waals surface area contributed by atoms with Crippen LogP contribution in [-0.2, 0) is 17.7 Å². The smallest absolute Gasteiger partial charge is 0.317 e. The first-order chi connectivity index (χ1) is 11.2. The molecule has 2 amide bonds. The van der Waals surface area contributed by atoms with E-state index < -0.39 is 0 Å². The van der Waals surface area contributed by atoms with Gasteiger partial charge in [-0.05, 0) is 25.8 Å². The van der Waals surface area contributed by atoms with Crippen molar-refractivity contribution >= 4 is 6.03 Å². The highest BCUT2D eigenvalue weighted by atomic mass is 16.5. The van der Waals surface area contributed by atoms with Gasteiger partial charge in [0.2, 0.25) is 0 Å². The van der Waals surface area contributed by atoms with Gasteiger partial charge in [0.1, 0.15) is 0 Å². The molecule has 0 saturated carbocycles. The van der Waals surface area contributed by atoms with Gasteiger partial charge < -0.3 is 19.9 Å². The summed E-state index contributed by atoms with van der Waals surface area (Å²) in [6.07, 6.45) is 1.98. The molecule has 2 N–H and O–H groups in total. The number of nitrogens with zero attached hydrogens (tertiary/aromatic N) is 3. The van der Waals surface area contributed by atoms with Crippen molar-refractivity contribution in [2.24, 2.45) is 5.92 Å². The van der Waals surface area contributed by atoms with E-state index in [2.05, 4.69) is 20.4 Å². The van der Waals surface area contributed by atoms with Crippen LogP contribution in [-0.4, -0.2) is 72.5 Å². The molecule has 0 bridgehead atoms. The van der Waals surface area contributed by atoms with Crippen molar-refractivity contribution in [3.8, 4) is 0 Å². The summed E-state index contributed by atoms with van der Waals surface area (Å²) in [5.74, 6) is 0.548. The van der Waals surface area contributed by atoms with Crippen LogP contribution in [0.2, 0.25) is 0 Å². The third-order valence-electron chi connectivity index (χ3n) is 4.94. The van der Waals surface area contributed by atoms with Gasteiger partial charge in [0, 0.05) is 51.0 Å². The number of carbonyl (C=O) groups excluding carboxylic acids is 1. The summed E-state index contributed by atoms with van der Waals surface area (Å²) < 4.78 is 5.12. The number of nitrogens with one attached hydrogen (secondary N) is 2. The molecule has 3 heterocycles. The monoisotopic (exact) mass is 321 g/mol. The lowest BCUT2D eigenvalue weighted by Gasteiger charge is -2.27. The van der Waals surface area contributed by atoms with Gasteiger partial charge in [0.25, 0.3) is 0 Å². The van der Waals surface area contributed by atoms with E-state index in [-0.39, 0.29) is 6.03 Å². The van der Waals surface area contributed by atoms with Crippen LogP contribution < -0.4 is 5.32 Å². The molecule has 0 aliphatic carbocycles. The predicted octanol–water partition coefficient (Wildman–Crippen LogP) is 0.754. The molecule has 128 valence electrons. The zero-order valence-electron chi connectivity index (χ0n) is 14.1. The number of urea groups is 1. The van der Waals surface area contributed by atoms with E-state index in [0.717, 1.165) is 63.6 Å². The summed E-state index contributed by atoms with van der Waals surface area (Å²) >= 11 is 0. The first kappa shape index (κ1) is 16.3. The average molecular weight is 321 g/mol. The zero-order valence-corrected chi connectivity index (χ0v) is 14.1. The third-order valence-corrected chi connectivity index (χ3v) is 4.94. The lowest BCUT2D eigenvalue weighted by atomic mass is 10.1. The molecule has 23 heavy (non-hydrogen) atoms. The van der Waals surface area contributed by atoms with Crippen LogP contribution in [0.15, 0.2) is 0 Å². The van der Waals surface area contributed by atoms with Crippen molar-refractivity contribution in [1.82, 2.24) is 25.3 Å². The van der Waals surface area contributed by atoms with E-state index in [9.17, 15) is 4.79 Å². The van der Waals surface area contributed by atoms with Crippen LogP contribution in [0.4, 0.5) is 4.79 Å². The molecule has 7 nitrogen and oxygen atoms in total. The second-order valence-electron chi connectivity index (χ2n) is 6.58. The van der Waals surface area contributed by atoms with Crippen molar-refractivity contribution in [3.05, 3.63) is 17.0 Å². The van der Waals surface area contributed by atoms with Gasteiger partial charge in [0.15, 0.2) is 0 Å². The van der Waals surface area contributed by atoms with E-state index in [1.54, 1.807) is 7.11 Å². The minimum atomic E-state index is 0.0478. The SMILES string of the molecule is COCCN1CCC(CNC(=O)N2CCc3n[nH]c(C)c3C2)C1. The van der Waals surface area contributed by atoms with Crippen molar-refractivity contribution in [2.75, 3.05) is 46.4 Å². The zero-order chi connectivity index (χ0) is 16.2. The summed E-state index contributed by atoms with van der Waals surface area (Å²) in [5.41, 5.74) is 3.36. The van der Waals surface area contributed by atoms with Gasteiger partial charge in [0.05, 0.1) is 18.8 Å². The average Bonchev–Trinajstić information content (AvgIpc) is 3.17. The molecule has 1 unspecified atom stereocenters. The Kier molecular flexibility index (Phi) is 5.17. The lowest BCUT2D eigenvalue weighted by Crippen LogP contribution is -2.44. The fourth-order valence-electron chi connectivity index (χ4n) is 3.45. The number of carbonyl (C=O) groups is 1. The molecule has 1 aromatic heterocycles. The number of aryl methyl sites for hydroxylation is 1. The highest BCUT2D eigenvalue weighted by Gasteiger charge is 2.26. The van der Waals surface area contributed by atoms with Crippen LogP contribution in [0.1, 0.15) is 23.4 Å². The van der Waals surface area contributed by atoms with Crippen LogP contribution >= 0.6 is 0 Å². The lowest BCUT2D eigenvalue weighted by molar-refractivity contribution is 0.158. The molecular formula is C16H27N5O2. The number of rotatable bonds is 5. The second-order valence-corrected chi connectivity index (χ2v) is 6.58. The van der Waals surface area contributed by atoms with Crippen molar-refractivity contribution in [1.29, 1.82) is 0 Å². The molecule has 0 aromatic carbocycles. The number of ether oxygens (including phenoxy) is 1. The van der Waals surface area contributed by atoms with Crippen molar-refractivity contribution in [3.63, 3.8) is 0 Å².